The van der Waals surface area contributed by atoms with Crippen molar-refractivity contribution in [2.45, 2.75) is 36.7 Å². The lowest BCUT2D eigenvalue weighted by atomic mass is 9.93. The van der Waals surface area contributed by atoms with Gasteiger partial charge in [-0.1, -0.05) is 6.07 Å². The van der Waals surface area contributed by atoms with E-state index >= 15 is 0 Å². The topological polar surface area (TPSA) is 45.7 Å². The minimum absolute atomic E-state index is 0.240. The molecule has 4 rings (SSSR count). The van der Waals surface area contributed by atoms with Gasteiger partial charge in [0.25, 0.3) is 0 Å². The molecule has 1 atom stereocenters. The number of aromatic nitrogens is 1. The summed E-state index contributed by atoms with van der Waals surface area (Å²) in [5, 5.41) is 0. The van der Waals surface area contributed by atoms with Crippen LogP contribution in [0, 0.1) is 0 Å². The molecule has 5 nitrogen and oxygen atoms in total. The Morgan fingerprint density at radius 2 is 2.13 bits per heavy atom. The van der Waals surface area contributed by atoms with Crippen molar-refractivity contribution in [3.63, 3.8) is 0 Å². The van der Waals surface area contributed by atoms with Crippen LogP contribution < -0.4 is 0 Å². The molecule has 0 aromatic carbocycles. The highest BCUT2D eigenvalue weighted by atomic mass is 32.2. The molecule has 0 aliphatic carbocycles. The van der Waals surface area contributed by atoms with Crippen molar-refractivity contribution in [2.75, 3.05) is 31.9 Å². The Labute approximate surface area is 141 Å². The molecule has 1 aromatic rings. The Bertz CT molecular complexity index is 556. The highest BCUT2D eigenvalue weighted by Crippen LogP contribution is 2.46. The predicted octanol–water partition coefficient (Wildman–Crippen LogP) is 2.37. The number of nitrogens with zero attached hydrogens (tertiary/aromatic N) is 3. The molecule has 1 unspecified atom stereocenters. The van der Waals surface area contributed by atoms with Gasteiger partial charge in [0.2, 0.25) is 0 Å². The van der Waals surface area contributed by atoms with Gasteiger partial charge >= 0.3 is 6.03 Å². The first kappa shape index (κ1) is 15.3. The first-order chi connectivity index (χ1) is 11.2. The van der Waals surface area contributed by atoms with E-state index in [-0.39, 0.29) is 16.9 Å². The van der Waals surface area contributed by atoms with Gasteiger partial charge in [-0.15, -0.1) is 11.8 Å². The van der Waals surface area contributed by atoms with Gasteiger partial charge in [0.05, 0.1) is 23.2 Å². The fourth-order valence-corrected chi connectivity index (χ4v) is 5.26. The van der Waals surface area contributed by atoms with Crippen LogP contribution in [0.4, 0.5) is 4.79 Å². The van der Waals surface area contributed by atoms with Crippen molar-refractivity contribution in [3.05, 3.63) is 30.1 Å². The highest BCUT2D eigenvalue weighted by molar-refractivity contribution is 8.01. The molecule has 3 saturated heterocycles. The van der Waals surface area contributed by atoms with Gasteiger partial charge in [-0.05, 0) is 31.4 Å². The molecular formula is C17H23N3O2S. The molecule has 3 fully saturated rings. The maximum Gasteiger partial charge on any atom is 0.320 e. The van der Waals surface area contributed by atoms with Gasteiger partial charge in [0, 0.05) is 38.1 Å². The monoisotopic (exact) mass is 333 g/mol. The lowest BCUT2D eigenvalue weighted by molar-refractivity contribution is 0.0304. The number of amides is 2. The molecule has 1 aromatic heterocycles. The first-order valence-corrected chi connectivity index (χ1v) is 9.42. The Morgan fingerprint density at radius 1 is 1.30 bits per heavy atom. The van der Waals surface area contributed by atoms with Gasteiger partial charge in [-0.25, -0.2) is 4.79 Å². The molecule has 1 spiro atoms. The zero-order chi connectivity index (χ0) is 15.7. The number of rotatable bonds is 3. The number of ether oxygens (including phenoxy) is 1. The van der Waals surface area contributed by atoms with Crippen LogP contribution >= 0.6 is 11.8 Å². The van der Waals surface area contributed by atoms with Gasteiger partial charge in [0.1, 0.15) is 0 Å². The number of pyridine rings is 1. The summed E-state index contributed by atoms with van der Waals surface area (Å²) in [7, 11) is 0. The summed E-state index contributed by atoms with van der Waals surface area (Å²) >= 11 is 1.98. The van der Waals surface area contributed by atoms with E-state index in [2.05, 4.69) is 4.98 Å². The third-order valence-corrected chi connectivity index (χ3v) is 6.55. The van der Waals surface area contributed by atoms with E-state index in [0.717, 1.165) is 56.9 Å². The molecule has 0 saturated carbocycles. The molecule has 23 heavy (non-hydrogen) atoms. The average molecular weight is 333 g/mol. The van der Waals surface area contributed by atoms with E-state index in [4.69, 9.17) is 4.74 Å². The third kappa shape index (κ3) is 3.19. The number of urea groups is 1. The van der Waals surface area contributed by atoms with E-state index in [1.54, 1.807) is 6.20 Å². The van der Waals surface area contributed by atoms with Gasteiger partial charge in [0.15, 0.2) is 0 Å². The molecule has 2 amide bonds. The fourth-order valence-electron chi connectivity index (χ4n) is 3.71. The zero-order valence-electron chi connectivity index (χ0n) is 13.3. The zero-order valence-corrected chi connectivity index (χ0v) is 14.1. The van der Waals surface area contributed by atoms with Crippen molar-refractivity contribution in [1.82, 2.24) is 14.8 Å². The van der Waals surface area contributed by atoms with E-state index in [0.29, 0.717) is 6.61 Å². The van der Waals surface area contributed by atoms with Crippen LogP contribution in [0.3, 0.4) is 0 Å². The van der Waals surface area contributed by atoms with Gasteiger partial charge < -0.3 is 14.5 Å². The number of thioether (sulfide) groups is 1. The lowest BCUT2D eigenvalue weighted by Crippen LogP contribution is -2.63. The summed E-state index contributed by atoms with van der Waals surface area (Å²) < 4.78 is 6.26. The van der Waals surface area contributed by atoms with Crippen LogP contribution in [0.25, 0.3) is 0 Å². The Balaban J connectivity index is 1.24. The van der Waals surface area contributed by atoms with Crippen molar-refractivity contribution >= 4 is 17.8 Å². The second kappa shape index (κ2) is 6.32. The molecule has 0 radical (unpaired) electrons. The molecule has 6 heteroatoms. The van der Waals surface area contributed by atoms with Crippen molar-refractivity contribution in [2.24, 2.45) is 0 Å². The normalized spacial score (nSPS) is 25.8. The minimum atomic E-state index is 0.240. The molecular weight excluding hydrogens is 310 g/mol. The van der Waals surface area contributed by atoms with Crippen molar-refractivity contribution in [3.8, 4) is 0 Å². The van der Waals surface area contributed by atoms with Crippen LogP contribution in [0.1, 0.15) is 25.0 Å². The van der Waals surface area contributed by atoms with E-state index in [9.17, 15) is 4.79 Å². The second-order valence-electron chi connectivity index (χ2n) is 6.79. The summed E-state index contributed by atoms with van der Waals surface area (Å²) in [6.07, 6.45) is 5.45. The third-order valence-electron chi connectivity index (χ3n) is 4.97. The predicted molar refractivity (Wildman–Crippen MR) is 90.4 cm³/mol. The number of carbonyl (C=O) groups excluding carboxylic acids is 1. The van der Waals surface area contributed by atoms with Crippen molar-refractivity contribution < 1.29 is 9.53 Å². The van der Waals surface area contributed by atoms with Crippen molar-refractivity contribution in [1.29, 1.82) is 0 Å². The summed E-state index contributed by atoms with van der Waals surface area (Å²) in [6.45, 7) is 4.22. The smallest absolute Gasteiger partial charge is 0.320 e. The van der Waals surface area contributed by atoms with E-state index in [1.165, 1.54) is 0 Å². The minimum Gasteiger partial charge on any atom is -0.371 e. The Morgan fingerprint density at radius 3 is 2.87 bits per heavy atom. The van der Waals surface area contributed by atoms with Crippen LogP contribution in [0.15, 0.2) is 24.4 Å². The molecule has 3 aliphatic rings. The maximum absolute atomic E-state index is 12.4. The maximum atomic E-state index is 12.4. The Hall–Kier alpha value is -1.27. The SMILES string of the molecule is O=C(N1CCCC1)N1CC2(CC(OCc3ccccn3)CS2)C1. The summed E-state index contributed by atoms with van der Waals surface area (Å²) in [5.41, 5.74) is 0.984. The second-order valence-corrected chi connectivity index (χ2v) is 8.27. The van der Waals surface area contributed by atoms with Gasteiger partial charge in [-0.3, -0.25) is 4.98 Å². The highest BCUT2D eigenvalue weighted by Gasteiger charge is 2.51. The van der Waals surface area contributed by atoms with Crippen LogP contribution in [-0.4, -0.2) is 63.6 Å². The number of carbonyl (C=O) groups is 1. The number of hydrogen-bond donors (Lipinski definition) is 0. The lowest BCUT2D eigenvalue weighted by Gasteiger charge is -2.48. The summed E-state index contributed by atoms with van der Waals surface area (Å²) in [5.74, 6) is 1.03. The standard InChI is InChI=1S/C17H23N3O2S/c21-16(19-7-3-4-8-19)20-12-17(13-20)9-15(11-23-17)22-10-14-5-1-2-6-18-14/h1-2,5-6,15H,3-4,7-13H2. The quantitative estimate of drug-likeness (QED) is 0.852. The Kier molecular flexibility index (Phi) is 4.20. The van der Waals surface area contributed by atoms with E-state index < -0.39 is 0 Å². The van der Waals surface area contributed by atoms with Gasteiger partial charge in [-0.2, -0.15) is 0 Å². The number of likely N-dealkylation sites (tertiary alicyclic amines) is 2. The molecule has 0 bridgehead atoms. The van der Waals surface area contributed by atoms with Crippen LogP contribution in [0.5, 0.6) is 0 Å². The summed E-state index contributed by atoms with van der Waals surface area (Å²) in [4.78, 5) is 20.7. The number of hydrogen-bond acceptors (Lipinski definition) is 4. The average Bonchev–Trinajstić information content (AvgIpc) is 3.22. The fraction of sp³-hybridized carbons (Fsp3) is 0.647. The van der Waals surface area contributed by atoms with E-state index in [1.807, 2.05) is 39.8 Å². The summed E-state index contributed by atoms with van der Waals surface area (Å²) in [6, 6.07) is 6.15. The first-order valence-electron chi connectivity index (χ1n) is 8.43. The molecule has 124 valence electrons. The molecule has 0 N–H and O–H groups in total. The van der Waals surface area contributed by atoms with Crippen LogP contribution in [0.2, 0.25) is 0 Å². The molecule has 3 aliphatic heterocycles. The largest absolute Gasteiger partial charge is 0.371 e. The van der Waals surface area contributed by atoms with Crippen LogP contribution in [-0.2, 0) is 11.3 Å². The molecule has 4 heterocycles.